The third-order valence-corrected chi connectivity index (χ3v) is 3.21. The third-order valence-electron chi connectivity index (χ3n) is 3.21. The number of ether oxygens (including phenoxy) is 2. The molecule has 0 aromatic heterocycles. The number of anilines is 1. The highest BCUT2D eigenvalue weighted by Gasteiger charge is 2.14. The molecule has 0 spiro atoms. The smallest absolute Gasteiger partial charge is 0.162 e. The number of hydrogen-bond donors (Lipinski definition) is 1. The van der Waals surface area contributed by atoms with E-state index >= 15 is 0 Å². The average molecular weight is 262 g/mol. The second-order valence-corrected chi connectivity index (χ2v) is 4.88. The van der Waals surface area contributed by atoms with Gasteiger partial charge in [0.15, 0.2) is 11.5 Å². The van der Waals surface area contributed by atoms with Crippen molar-refractivity contribution in [2.24, 2.45) is 11.8 Å². The molecule has 1 aromatic rings. The molecule has 0 bridgehead atoms. The second kappa shape index (κ2) is 6.89. The number of aryl methyl sites for hydroxylation is 1. The maximum absolute atomic E-state index is 9.09. The van der Waals surface area contributed by atoms with Gasteiger partial charge in [-0.2, -0.15) is 5.26 Å². The molecule has 19 heavy (non-hydrogen) atoms. The highest BCUT2D eigenvalue weighted by Crippen LogP contribution is 2.33. The molecule has 104 valence electrons. The predicted molar refractivity (Wildman–Crippen MR) is 76.7 cm³/mol. The summed E-state index contributed by atoms with van der Waals surface area (Å²) in [7, 11) is 3.23. The van der Waals surface area contributed by atoms with E-state index in [1.54, 1.807) is 14.2 Å². The van der Waals surface area contributed by atoms with Crippen LogP contribution in [0.2, 0.25) is 0 Å². The van der Waals surface area contributed by atoms with Crippen LogP contribution in [0.15, 0.2) is 12.1 Å². The number of nitriles is 1. The summed E-state index contributed by atoms with van der Waals surface area (Å²) in [6.45, 7) is 6.74. The van der Waals surface area contributed by atoms with Crippen LogP contribution < -0.4 is 14.8 Å². The Morgan fingerprint density at radius 1 is 1.21 bits per heavy atom. The molecule has 4 nitrogen and oxygen atoms in total. The monoisotopic (exact) mass is 262 g/mol. The lowest BCUT2D eigenvalue weighted by Crippen LogP contribution is -2.18. The van der Waals surface area contributed by atoms with Gasteiger partial charge in [0.25, 0.3) is 0 Å². The first kappa shape index (κ1) is 15.2. The van der Waals surface area contributed by atoms with E-state index in [2.05, 4.69) is 25.2 Å². The van der Waals surface area contributed by atoms with Crippen LogP contribution in [0, 0.1) is 30.1 Å². The van der Waals surface area contributed by atoms with Crippen molar-refractivity contribution in [3.63, 3.8) is 0 Å². The zero-order valence-corrected chi connectivity index (χ0v) is 12.3. The molecular formula is C15H22N2O2. The fourth-order valence-corrected chi connectivity index (χ4v) is 1.82. The van der Waals surface area contributed by atoms with Crippen molar-refractivity contribution in [3.05, 3.63) is 17.7 Å². The molecule has 0 saturated carbocycles. The zero-order valence-electron chi connectivity index (χ0n) is 12.3. The van der Waals surface area contributed by atoms with E-state index in [-0.39, 0.29) is 5.92 Å². The molecule has 1 N–H and O–H groups in total. The minimum Gasteiger partial charge on any atom is -0.493 e. The van der Waals surface area contributed by atoms with Crippen LogP contribution in [0.3, 0.4) is 0 Å². The Bertz CT molecular complexity index is 464. The van der Waals surface area contributed by atoms with Crippen LogP contribution >= 0.6 is 0 Å². The minimum atomic E-state index is -0.00695. The molecule has 0 fully saturated rings. The van der Waals surface area contributed by atoms with Gasteiger partial charge in [0.2, 0.25) is 0 Å². The van der Waals surface area contributed by atoms with E-state index < -0.39 is 0 Å². The SMILES string of the molecule is COc1cc(C)c(NCC(C#N)C(C)C)cc1OC. The summed E-state index contributed by atoms with van der Waals surface area (Å²) >= 11 is 0. The van der Waals surface area contributed by atoms with Gasteiger partial charge < -0.3 is 14.8 Å². The normalized spacial score (nSPS) is 11.8. The van der Waals surface area contributed by atoms with Gasteiger partial charge in [0.05, 0.1) is 26.2 Å². The number of benzene rings is 1. The van der Waals surface area contributed by atoms with Gasteiger partial charge >= 0.3 is 0 Å². The molecule has 1 rings (SSSR count). The van der Waals surface area contributed by atoms with Crippen LogP contribution in [-0.4, -0.2) is 20.8 Å². The van der Waals surface area contributed by atoms with Crippen molar-refractivity contribution in [1.82, 2.24) is 0 Å². The number of rotatable bonds is 6. The van der Waals surface area contributed by atoms with Crippen molar-refractivity contribution in [1.29, 1.82) is 5.26 Å². The largest absolute Gasteiger partial charge is 0.493 e. The first-order valence-electron chi connectivity index (χ1n) is 6.39. The maximum Gasteiger partial charge on any atom is 0.162 e. The van der Waals surface area contributed by atoms with E-state index in [0.717, 1.165) is 11.3 Å². The Morgan fingerprint density at radius 3 is 2.26 bits per heavy atom. The lowest BCUT2D eigenvalue weighted by atomic mass is 9.97. The van der Waals surface area contributed by atoms with E-state index in [9.17, 15) is 0 Å². The average Bonchev–Trinajstić information content (AvgIpc) is 2.40. The van der Waals surface area contributed by atoms with Gasteiger partial charge in [-0.05, 0) is 24.5 Å². The fraction of sp³-hybridized carbons (Fsp3) is 0.533. The number of nitrogens with one attached hydrogen (secondary N) is 1. The van der Waals surface area contributed by atoms with Crippen LogP contribution in [0.4, 0.5) is 5.69 Å². The summed E-state index contributed by atoms with van der Waals surface area (Å²) < 4.78 is 10.5. The van der Waals surface area contributed by atoms with Crippen molar-refractivity contribution in [3.8, 4) is 17.6 Å². The van der Waals surface area contributed by atoms with Crippen molar-refractivity contribution in [2.45, 2.75) is 20.8 Å². The lowest BCUT2D eigenvalue weighted by molar-refractivity contribution is 0.355. The maximum atomic E-state index is 9.09. The number of nitrogens with zero attached hydrogens (tertiary/aromatic N) is 1. The van der Waals surface area contributed by atoms with Crippen molar-refractivity contribution < 1.29 is 9.47 Å². The Hall–Kier alpha value is -1.89. The highest BCUT2D eigenvalue weighted by molar-refractivity contribution is 5.60. The Morgan fingerprint density at radius 2 is 1.79 bits per heavy atom. The van der Waals surface area contributed by atoms with E-state index in [4.69, 9.17) is 14.7 Å². The molecule has 0 amide bonds. The van der Waals surface area contributed by atoms with Gasteiger partial charge in [-0.15, -0.1) is 0 Å². The van der Waals surface area contributed by atoms with E-state index in [1.807, 2.05) is 19.1 Å². The Kier molecular flexibility index (Phi) is 5.50. The number of hydrogen-bond acceptors (Lipinski definition) is 4. The first-order chi connectivity index (χ1) is 9.03. The molecule has 0 aliphatic heterocycles. The quantitative estimate of drug-likeness (QED) is 0.855. The highest BCUT2D eigenvalue weighted by atomic mass is 16.5. The van der Waals surface area contributed by atoms with Gasteiger partial charge in [0.1, 0.15) is 0 Å². The summed E-state index contributed by atoms with van der Waals surface area (Å²) in [4.78, 5) is 0. The standard InChI is InChI=1S/C15H22N2O2/c1-10(2)12(8-16)9-17-13-7-15(19-5)14(18-4)6-11(13)3/h6-7,10,12,17H,9H2,1-5H3. The second-order valence-electron chi connectivity index (χ2n) is 4.88. The zero-order chi connectivity index (χ0) is 14.4. The molecule has 4 heteroatoms. The molecule has 0 radical (unpaired) electrons. The molecule has 1 aromatic carbocycles. The first-order valence-corrected chi connectivity index (χ1v) is 6.39. The summed E-state index contributed by atoms with van der Waals surface area (Å²) in [5, 5.41) is 12.4. The van der Waals surface area contributed by atoms with Crippen LogP contribution in [0.5, 0.6) is 11.5 Å². The van der Waals surface area contributed by atoms with Gasteiger partial charge in [-0.25, -0.2) is 0 Å². The minimum absolute atomic E-state index is 0.00695. The van der Waals surface area contributed by atoms with Crippen LogP contribution in [0.25, 0.3) is 0 Å². The number of methoxy groups -OCH3 is 2. The van der Waals surface area contributed by atoms with Crippen LogP contribution in [0.1, 0.15) is 19.4 Å². The van der Waals surface area contributed by atoms with E-state index in [1.165, 1.54) is 0 Å². The molecule has 1 atom stereocenters. The van der Waals surface area contributed by atoms with Gasteiger partial charge in [0, 0.05) is 18.3 Å². The van der Waals surface area contributed by atoms with Gasteiger partial charge in [-0.3, -0.25) is 0 Å². The molecule has 0 saturated heterocycles. The van der Waals surface area contributed by atoms with Crippen LogP contribution in [-0.2, 0) is 0 Å². The molecule has 0 aliphatic carbocycles. The third kappa shape index (κ3) is 3.78. The summed E-state index contributed by atoms with van der Waals surface area (Å²) in [5.41, 5.74) is 2.04. The topological polar surface area (TPSA) is 54.3 Å². The summed E-state index contributed by atoms with van der Waals surface area (Å²) in [5.74, 6) is 1.73. The van der Waals surface area contributed by atoms with Gasteiger partial charge in [-0.1, -0.05) is 13.8 Å². The summed E-state index contributed by atoms with van der Waals surface area (Å²) in [6, 6.07) is 6.16. The Balaban J connectivity index is 2.87. The molecular weight excluding hydrogens is 240 g/mol. The van der Waals surface area contributed by atoms with E-state index in [0.29, 0.717) is 24.0 Å². The predicted octanol–water partition coefficient (Wildman–Crippen LogP) is 3.22. The molecule has 0 aliphatic rings. The van der Waals surface area contributed by atoms with Crippen molar-refractivity contribution in [2.75, 3.05) is 26.1 Å². The Labute approximate surface area is 115 Å². The molecule has 0 heterocycles. The summed E-state index contributed by atoms with van der Waals surface area (Å²) in [6.07, 6.45) is 0. The van der Waals surface area contributed by atoms with Crippen molar-refractivity contribution >= 4 is 5.69 Å². The fourth-order valence-electron chi connectivity index (χ4n) is 1.82. The lowest BCUT2D eigenvalue weighted by Gasteiger charge is -2.17. The molecule has 1 unspecified atom stereocenters.